The van der Waals surface area contributed by atoms with E-state index >= 15 is 0 Å². The van der Waals surface area contributed by atoms with Crippen LogP contribution in [0.5, 0.6) is 0 Å². The van der Waals surface area contributed by atoms with Gasteiger partial charge in [0.25, 0.3) is 11.1 Å². The summed E-state index contributed by atoms with van der Waals surface area (Å²) >= 11 is 1.22. The summed E-state index contributed by atoms with van der Waals surface area (Å²) in [6.45, 7) is 0. The van der Waals surface area contributed by atoms with Crippen LogP contribution in [0.1, 0.15) is 18.1 Å². The van der Waals surface area contributed by atoms with Crippen LogP contribution in [0.25, 0.3) is 11.7 Å². The van der Waals surface area contributed by atoms with Crippen LogP contribution in [0.4, 0.5) is 14.5 Å². The fraction of sp³-hybridized carbons (Fsp3) is 0.167. The summed E-state index contributed by atoms with van der Waals surface area (Å²) in [7, 11) is 0. The molecule has 0 unspecified atom stereocenters. The first kappa shape index (κ1) is 19.8. The largest absolute Gasteiger partial charge is 0.459 e. The molecule has 0 saturated carbocycles. The van der Waals surface area contributed by atoms with E-state index in [9.17, 15) is 13.6 Å². The molecule has 0 fully saturated rings. The lowest BCUT2D eigenvalue weighted by atomic mass is 10.2. The number of aromatic nitrogens is 4. The van der Waals surface area contributed by atoms with E-state index in [1.54, 1.807) is 12.1 Å². The normalized spacial score (nSPS) is 11.0. The van der Waals surface area contributed by atoms with Gasteiger partial charge in [-0.15, -0.1) is 10.2 Å². The van der Waals surface area contributed by atoms with Crippen molar-refractivity contribution < 1.29 is 26.9 Å². The minimum absolute atomic E-state index is 0.0121. The van der Waals surface area contributed by atoms with Gasteiger partial charge in [-0.2, -0.15) is 4.98 Å². The molecule has 0 aliphatic rings. The molecule has 9 nitrogen and oxygen atoms in total. The van der Waals surface area contributed by atoms with Crippen molar-refractivity contribution in [2.24, 2.45) is 0 Å². The number of aryl methyl sites for hydroxylation is 1. The van der Waals surface area contributed by atoms with E-state index in [0.29, 0.717) is 28.6 Å². The second kappa shape index (κ2) is 8.86. The van der Waals surface area contributed by atoms with Gasteiger partial charge in [0, 0.05) is 18.9 Å². The third kappa shape index (κ3) is 4.89. The Morgan fingerprint density at radius 1 is 1.20 bits per heavy atom. The molecule has 0 aliphatic carbocycles. The first-order valence-corrected chi connectivity index (χ1v) is 9.62. The number of amides is 1. The van der Waals surface area contributed by atoms with Crippen LogP contribution in [-0.4, -0.2) is 26.2 Å². The van der Waals surface area contributed by atoms with Crippen molar-refractivity contribution in [2.75, 3.05) is 5.32 Å². The van der Waals surface area contributed by atoms with Crippen LogP contribution in [0, 0.1) is 11.6 Å². The molecule has 0 aliphatic heterocycles. The fourth-order valence-corrected chi connectivity index (χ4v) is 2.97. The number of carbonyl (C=O) groups is 1. The van der Waals surface area contributed by atoms with E-state index in [2.05, 4.69) is 25.7 Å². The fourth-order valence-electron chi connectivity index (χ4n) is 2.37. The Morgan fingerprint density at radius 2 is 2.10 bits per heavy atom. The minimum atomic E-state index is -0.850. The average molecular weight is 433 g/mol. The standard InChI is InChI=1S/C18H13F2N5O4S/c19-10-3-4-12(11(20)8-10)21-15(26)5-6-16-22-14(25-29-16)9-30-18-24-23-17(28-18)13-2-1-7-27-13/h1-4,7-8H,5-6,9H2,(H,21,26). The molecule has 0 radical (unpaired) electrons. The molecule has 12 heteroatoms. The third-order valence-electron chi connectivity index (χ3n) is 3.74. The molecule has 154 valence electrons. The highest BCUT2D eigenvalue weighted by atomic mass is 32.2. The summed E-state index contributed by atoms with van der Waals surface area (Å²) in [5, 5.41) is 14.3. The molecule has 0 spiro atoms. The molecule has 3 heterocycles. The van der Waals surface area contributed by atoms with Gasteiger partial charge in [0.2, 0.25) is 11.8 Å². The third-order valence-corrected chi connectivity index (χ3v) is 4.56. The Hall–Kier alpha value is -3.54. The van der Waals surface area contributed by atoms with Crippen LogP contribution in [0.15, 0.2) is 55.2 Å². The quantitative estimate of drug-likeness (QED) is 0.413. The molecule has 1 N–H and O–H groups in total. The Morgan fingerprint density at radius 3 is 2.90 bits per heavy atom. The van der Waals surface area contributed by atoms with Gasteiger partial charge in [0.15, 0.2) is 11.6 Å². The molecule has 30 heavy (non-hydrogen) atoms. The smallest absolute Gasteiger partial charge is 0.284 e. The SMILES string of the molecule is O=C(CCc1nc(CSc2nnc(-c3ccco3)o2)no1)Nc1ccc(F)cc1F. The second-order valence-electron chi connectivity index (χ2n) is 5.92. The number of anilines is 1. The van der Waals surface area contributed by atoms with Gasteiger partial charge >= 0.3 is 0 Å². The summed E-state index contributed by atoms with van der Waals surface area (Å²) in [5.41, 5.74) is -0.0995. The van der Waals surface area contributed by atoms with Crippen molar-refractivity contribution in [3.8, 4) is 11.7 Å². The lowest BCUT2D eigenvalue weighted by molar-refractivity contribution is -0.116. The van der Waals surface area contributed by atoms with Crippen LogP contribution in [0.2, 0.25) is 0 Å². The summed E-state index contributed by atoms with van der Waals surface area (Å²) < 4.78 is 42.2. The van der Waals surface area contributed by atoms with E-state index in [1.807, 2.05) is 0 Å². The van der Waals surface area contributed by atoms with Crippen LogP contribution >= 0.6 is 11.8 Å². The summed E-state index contributed by atoms with van der Waals surface area (Å²) in [6.07, 6.45) is 1.65. The molecular formula is C18H13F2N5O4S. The Kier molecular flexibility index (Phi) is 5.84. The lowest BCUT2D eigenvalue weighted by Gasteiger charge is -2.05. The topological polar surface area (TPSA) is 120 Å². The number of furan rings is 1. The molecule has 0 atom stereocenters. The minimum Gasteiger partial charge on any atom is -0.459 e. The van der Waals surface area contributed by atoms with Gasteiger partial charge in [-0.25, -0.2) is 8.78 Å². The zero-order valence-electron chi connectivity index (χ0n) is 15.2. The van der Waals surface area contributed by atoms with Crippen LogP contribution in [-0.2, 0) is 17.0 Å². The van der Waals surface area contributed by atoms with Crippen molar-refractivity contribution >= 4 is 23.4 Å². The highest BCUT2D eigenvalue weighted by Gasteiger charge is 2.14. The maximum Gasteiger partial charge on any atom is 0.284 e. The van der Waals surface area contributed by atoms with Crippen molar-refractivity contribution in [3.63, 3.8) is 0 Å². The van der Waals surface area contributed by atoms with Gasteiger partial charge in [0.05, 0.1) is 17.7 Å². The average Bonchev–Trinajstić information content (AvgIpc) is 3.48. The maximum atomic E-state index is 13.6. The van der Waals surface area contributed by atoms with Gasteiger partial charge in [-0.1, -0.05) is 16.9 Å². The highest BCUT2D eigenvalue weighted by molar-refractivity contribution is 7.98. The molecule has 4 aromatic rings. The Balaban J connectivity index is 1.25. The zero-order chi connectivity index (χ0) is 20.9. The van der Waals surface area contributed by atoms with Crippen molar-refractivity contribution in [1.29, 1.82) is 0 Å². The van der Waals surface area contributed by atoms with E-state index in [0.717, 1.165) is 12.1 Å². The zero-order valence-corrected chi connectivity index (χ0v) is 16.0. The van der Waals surface area contributed by atoms with Crippen molar-refractivity contribution in [3.05, 3.63) is 59.9 Å². The predicted molar refractivity (Wildman–Crippen MR) is 99.2 cm³/mol. The van der Waals surface area contributed by atoms with E-state index in [1.165, 1.54) is 18.0 Å². The molecule has 0 bridgehead atoms. The maximum absolute atomic E-state index is 13.6. The monoisotopic (exact) mass is 433 g/mol. The van der Waals surface area contributed by atoms with E-state index < -0.39 is 17.5 Å². The summed E-state index contributed by atoms with van der Waals surface area (Å²) in [6, 6.07) is 6.32. The van der Waals surface area contributed by atoms with Gasteiger partial charge < -0.3 is 18.7 Å². The van der Waals surface area contributed by atoms with Gasteiger partial charge in [0.1, 0.15) is 11.6 Å². The first-order valence-electron chi connectivity index (χ1n) is 8.63. The molecule has 1 aromatic carbocycles. The first-order chi connectivity index (χ1) is 14.6. The number of thioether (sulfide) groups is 1. The van der Waals surface area contributed by atoms with Crippen molar-refractivity contribution in [1.82, 2.24) is 20.3 Å². The van der Waals surface area contributed by atoms with Crippen molar-refractivity contribution in [2.45, 2.75) is 23.8 Å². The van der Waals surface area contributed by atoms with E-state index in [4.69, 9.17) is 13.4 Å². The van der Waals surface area contributed by atoms with Crippen LogP contribution in [0.3, 0.4) is 0 Å². The molecule has 0 saturated heterocycles. The summed E-state index contributed by atoms with van der Waals surface area (Å²) in [4.78, 5) is 16.1. The predicted octanol–water partition coefficient (Wildman–Crippen LogP) is 3.85. The molecule has 3 aromatic heterocycles. The second-order valence-corrected chi connectivity index (χ2v) is 6.84. The van der Waals surface area contributed by atoms with E-state index in [-0.39, 0.29) is 30.3 Å². The number of benzene rings is 1. The number of halogens is 2. The number of carbonyl (C=O) groups excluding carboxylic acids is 1. The number of hydrogen-bond acceptors (Lipinski definition) is 9. The number of nitrogens with one attached hydrogen (secondary N) is 1. The van der Waals surface area contributed by atoms with Gasteiger partial charge in [-0.3, -0.25) is 4.79 Å². The Bertz CT molecular complexity index is 1150. The molecule has 1 amide bonds. The number of nitrogens with zero attached hydrogens (tertiary/aromatic N) is 4. The molecule has 4 rings (SSSR count). The van der Waals surface area contributed by atoms with Gasteiger partial charge in [-0.05, 0) is 24.3 Å². The summed E-state index contributed by atoms with van der Waals surface area (Å²) in [5.74, 6) is -0.354. The Labute approximate surface area is 171 Å². The lowest BCUT2D eigenvalue weighted by Crippen LogP contribution is -2.13. The highest BCUT2D eigenvalue weighted by Crippen LogP contribution is 2.25. The van der Waals surface area contributed by atoms with Crippen LogP contribution < -0.4 is 5.32 Å². The molecular weight excluding hydrogens is 420 g/mol. The number of hydrogen-bond donors (Lipinski definition) is 1. The number of rotatable bonds is 8.